The quantitative estimate of drug-likeness (QED) is 0.652. The Morgan fingerprint density at radius 3 is 2.43 bits per heavy atom. The van der Waals surface area contributed by atoms with Gasteiger partial charge in [0.05, 0.1) is 6.42 Å². The smallest absolute Gasteiger partial charge is 0.321 e. The van der Waals surface area contributed by atoms with Gasteiger partial charge in [0.1, 0.15) is 6.04 Å². The molecule has 1 saturated heterocycles. The van der Waals surface area contributed by atoms with Crippen LogP contribution in [0.3, 0.4) is 0 Å². The number of aliphatic carboxylic acids is 1. The van der Waals surface area contributed by atoms with Gasteiger partial charge in [0.2, 0.25) is 5.91 Å². The van der Waals surface area contributed by atoms with Gasteiger partial charge in [-0.15, -0.1) is 0 Å². The lowest BCUT2D eigenvalue weighted by atomic mass is 10.2. The highest BCUT2D eigenvalue weighted by atomic mass is 16.4. The van der Waals surface area contributed by atoms with Crippen LogP contribution in [0.25, 0.3) is 0 Å². The number of carbonyl (C=O) groups excluding carboxylic acids is 1. The summed E-state index contributed by atoms with van der Waals surface area (Å²) in [5, 5.41) is 11.3. The van der Waals surface area contributed by atoms with Gasteiger partial charge in [-0.2, -0.15) is 0 Å². The van der Waals surface area contributed by atoms with Gasteiger partial charge in [-0.3, -0.25) is 9.59 Å². The predicted octanol–water partition coefficient (Wildman–Crippen LogP) is -0.328. The molecule has 0 saturated carbocycles. The van der Waals surface area contributed by atoms with Crippen molar-refractivity contribution < 1.29 is 14.7 Å². The minimum atomic E-state index is -0.972. The van der Waals surface area contributed by atoms with Gasteiger partial charge in [-0.05, 0) is 19.9 Å². The van der Waals surface area contributed by atoms with Crippen molar-refractivity contribution in [3.8, 4) is 0 Å². The minimum absolute atomic E-state index is 0.0475. The van der Waals surface area contributed by atoms with E-state index < -0.39 is 12.0 Å². The van der Waals surface area contributed by atoms with E-state index in [-0.39, 0.29) is 12.3 Å². The van der Waals surface area contributed by atoms with Crippen LogP contribution in [0, 0.1) is 0 Å². The van der Waals surface area contributed by atoms with Crippen molar-refractivity contribution in [2.45, 2.75) is 25.3 Å². The van der Waals surface area contributed by atoms with E-state index in [4.69, 9.17) is 5.11 Å². The zero-order chi connectivity index (χ0) is 10.6. The first-order valence-corrected chi connectivity index (χ1v) is 4.83. The van der Waals surface area contributed by atoms with E-state index in [0.717, 1.165) is 25.9 Å². The fraction of sp³-hybridized carbons (Fsp3) is 0.778. The lowest BCUT2D eigenvalue weighted by Crippen LogP contribution is -2.40. The second-order valence-corrected chi connectivity index (χ2v) is 3.47. The first kappa shape index (κ1) is 11.0. The van der Waals surface area contributed by atoms with Crippen molar-refractivity contribution in [2.24, 2.45) is 0 Å². The molecule has 1 rings (SSSR count). The second-order valence-electron chi connectivity index (χ2n) is 3.47. The Kier molecular flexibility index (Phi) is 3.88. The summed E-state index contributed by atoms with van der Waals surface area (Å²) in [6, 6.07) is -0.761. The van der Waals surface area contributed by atoms with Gasteiger partial charge in [-0.25, -0.2) is 0 Å². The molecule has 14 heavy (non-hydrogen) atoms. The third-order valence-electron chi connectivity index (χ3n) is 2.48. The van der Waals surface area contributed by atoms with Gasteiger partial charge in [0.25, 0.3) is 0 Å². The van der Waals surface area contributed by atoms with Crippen LogP contribution >= 0.6 is 0 Å². The largest absolute Gasteiger partial charge is 0.480 e. The van der Waals surface area contributed by atoms with Crippen molar-refractivity contribution in [2.75, 3.05) is 20.1 Å². The van der Waals surface area contributed by atoms with E-state index in [1.54, 1.807) is 11.9 Å². The molecule has 1 aliphatic rings. The Bertz CT molecular complexity index is 224. The summed E-state index contributed by atoms with van der Waals surface area (Å²) in [4.78, 5) is 23.9. The van der Waals surface area contributed by atoms with Crippen molar-refractivity contribution in [1.82, 2.24) is 10.2 Å². The Balaban J connectivity index is 2.41. The molecular formula is C9H16N2O3. The van der Waals surface area contributed by atoms with Crippen LogP contribution in [-0.2, 0) is 9.59 Å². The summed E-state index contributed by atoms with van der Waals surface area (Å²) < 4.78 is 0. The molecule has 2 N–H and O–H groups in total. The zero-order valence-electron chi connectivity index (χ0n) is 8.32. The predicted molar refractivity (Wildman–Crippen MR) is 50.9 cm³/mol. The third-order valence-corrected chi connectivity index (χ3v) is 2.48. The summed E-state index contributed by atoms with van der Waals surface area (Å²) >= 11 is 0. The number of likely N-dealkylation sites (tertiary alicyclic amines) is 1. The second kappa shape index (κ2) is 4.95. The van der Waals surface area contributed by atoms with Gasteiger partial charge < -0.3 is 15.3 Å². The molecule has 0 radical (unpaired) electrons. The number of amides is 1. The fourth-order valence-electron chi connectivity index (χ4n) is 1.58. The highest BCUT2D eigenvalue weighted by Gasteiger charge is 2.24. The standard InChI is InChI=1S/C9H16N2O3/c1-10-7(9(13)14)6-8(12)11-4-2-3-5-11/h7,10H,2-6H2,1H3,(H,13,14)/t7-/m0/s1. The number of carboxylic acids is 1. The van der Waals surface area contributed by atoms with E-state index in [1.807, 2.05) is 0 Å². The van der Waals surface area contributed by atoms with E-state index in [2.05, 4.69) is 5.32 Å². The summed E-state index contributed by atoms with van der Waals surface area (Å²) in [6.07, 6.45) is 2.11. The van der Waals surface area contributed by atoms with Crippen LogP contribution in [0.1, 0.15) is 19.3 Å². The molecule has 5 heteroatoms. The molecule has 1 amide bonds. The summed E-state index contributed by atoms with van der Waals surface area (Å²) in [7, 11) is 1.55. The molecule has 0 bridgehead atoms. The molecule has 1 aliphatic heterocycles. The molecule has 0 unspecified atom stereocenters. The van der Waals surface area contributed by atoms with Crippen LogP contribution in [0.5, 0.6) is 0 Å². The summed E-state index contributed by atoms with van der Waals surface area (Å²) in [5.74, 6) is -1.04. The van der Waals surface area contributed by atoms with E-state index in [9.17, 15) is 9.59 Å². The minimum Gasteiger partial charge on any atom is -0.480 e. The highest BCUT2D eigenvalue weighted by molar-refractivity contribution is 5.84. The van der Waals surface area contributed by atoms with E-state index in [1.165, 1.54) is 0 Å². The SMILES string of the molecule is CN[C@@H](CC(=O)N1CCCC1)C(=O)O. The van der Waals surface area contributed by atoms with Crippen LogP contribution in [0.2, 0.25) is 0 Å². The Hall–Kier alpha value is -1.10. The number of hydrogen-bond acceptors (Lipinski definition) is 3. The maximum atomic E-state index is 11.5. The van der Waals surface area contributed by atoms with Crippen molar-refractivity contribution in [3.05, 3.63) is 0 Å². The van der Waals surface area contributed by atoms with E-state index >= 15 is 0 Å². The molecular weight excluding hydrogens is 184 g/mol. The van der Waals surface area contributed by atoms with Gasteiger partial charge in [-0.1, -0.05) is 0 Å². The molecule has 0 spiro atoms. The van der Waals surface area contributed by atoms with Crippen molar-refractivity contribution in [1.29, 1.82) is 0 Å². The molecule has 80 valence electrons. The molecule has 1 heterocycles. The molecule has 5 nitrogen and oxygen atoms in total. The number of nitrogens with zero attached hydrogens (tertiary/aromatic N) is 1. The number of likely N-dealkylation sites (N-methyl/N-ethyl adjacent to an activating group) is 1. The molecule has 1 atom stereocenters. The van der Waals surface area contributed by atoms with Crippen LogP contribution < -0.4 is 5.32 Å². The maximum absolute atomic E-state index is 11.5. The maximum Gasteiger partial charge on any atom is 0.321 e. The molecule has 1 fully saturated rings. The Morgan fingerprint density at radius 1 is 1.43 bits per heavy atom. The summed E-state index contributed by atoms with van der Waals surface area (Å²) in [6.45, 7) is 1.55. The van der Waals surface area contributed by atoms with Crippen LogP contribution in [-0.4, -0.2) is 48.1 Å². The van der Waals surface area contributed by atoms with Gasteiger partial charge >= 0.3 is 5.97 Å². The Morgan fingerprint density at radius 2 is 2.00 bits per heavy atom. The normalized spacial score (nSPS) is 18.2. The Labute approximate surface area is 83.1 Å². The number of rotatable bonds is 4. The first-order chi connectivity index (χ1) is 6.65. The number of carboxylic acid groups (broad SMARTS) is 1. The molecule has 0 aromatic rings. The lowest BCUT2D eigenvalue weighted by Gasteiger charge is -2.17. The first-order valence-electron chi connectivity index (χ1n) is 4.83. The van der Waals surface area contributed by atoms with Crippen LogP contribution in [0.4, 0.5) is 0 Å². The van der Waals surface area contributed by atoms with Crippen molar-refractivity contribution in [3.63, 3.8) is 0 Å². The van der Waals surface area contributed by atoms with Crippen molar-refractivity contribution >= 4 is 11.9 Å². The van der Waals surface area contributed by atoms with E-state index in [0.29, 0.717) is 0 Å². The fourth-order valence-corrected chi connectivity index (χ4v) is 1.58. The average molecular weight is 200 g/mol. The lowest BCUT2D eigenvalue weighted by molar-refractivity contribution is -0.143. The monoisotopic (exact) mass is 200 g/mol. The van der Waals surface area contributed by atoms with Crippen LogP contribution in [0.15, 0.2) is 0 Å². The highest BCUT2D eigenvalue weighted by Crippen LogP contribution is 2.09. The van der Waals surface area contributed by atoms with Gasteiger partial charge in [0, 0.05) is 13.1 Å². The number of hydrogen-bond donors (Lipinski definition) is 2. The number of nitrogens with one attached hydrogen (secondary N) is 1. The third kappa shape index (κ3) is 2.70. The molecule has 0 aromatic carbocycles. The summed E-state index contributed by atoms with van der Waals surface area (Å²) in [5.41, 5.74) is 0. The zero-order valence-corrected chi connectivity index (χ0v) is 8.32. The molecule has 0 aromatic heterocycles. The van der Waals surface area contributed by atoms with Gasteiger partial charge in [0.15, 0.2) is 0 Å². The molecule has 0 aliphatic carbocycles. The topological polar surface area (TPSA) is 69.6 Å². The number of carbonyl (C=O) groups is 2. The average Bonchev–Trinajstić information content (AvgIpc) is 2.65.